The summed E-state index contributed by atoms with van der Waals surface area (Å²) in [5.41, 5.74) is 0.650. The van der Waals surface area contributed by atoms with Crippen LogP contribution in [0, 0.1) is 12.7 Å². The Morgan fingerprint density at radius 3 is 2.14 bits per heavy atom. The minimum absolute atomic E-state index is 0.477. The number of aryl methyl sites for hydroxylation is 1. The Hall–Kier alpha value is -0.610. The fourth-order valence-electron chi connectivity index (χ4n) is 0.804. The Morgan fingerprint density at radius 2 is 1.79 bits per heavy atom. The van der Waals surface area contributed by atoms with Crippen LogP contribution in [0.25, 0.3) is 0 Å². The topological polar surface area (TPSA) is 34.1 Å². The van der Waals surface area contributed by atoms with Crippen molar-refractivity contribution in [2.75, 3.05) is 0 Å². The molecule has 0 saturated carbocycles. The summed E-state index contributed by atoms with van der Waals surface area (Å²) in [5.74, 6) is -0.815. The van der Waals surface area contributed by atoms with Crippen LogP contribution in [0.15, 0.2) is 23.1 Å². The first-order valence-electron chi connectivity index (χ1n) is 4.12. The first kappa shape index (κ1) is 13.4. The molecule has 1 rings (SSSR count). The summed E-state index contributed by atoms with van der Waals surface area (Å²) in [6, 6.07) is 3.75. The van der Waals surface area contributed by atoms with E-state index >= 15 is 0 Å². The molecule has 0 radical (unpaired) electrons. The predicted molar refractivity (Wildman–Crippen MR) is 55.5 cm³/mol. The van der Waals surface area contributed by atoms with Gasteiger partial charge < -0.3 is 0 Å². The van der Waals surface area contributed by atoms with Gasteiger partial charge >= 0.3 is 0 Å². The molecule has 1 aromatic carbocycles. The Morgan fingerprint density at radius 1 is 1.29 bits per heavy atom. The van der Waals surface area contributed by atoms with E-state index in [1.165, 1.54) is 6.07 Å². The monoisotopic (exact) mass is 238 g/mol. The number of halogens is 2. The van der Waals surface area contributed by atoms with Gasteiger partial charge in [0.1, 0.15) is 10.7 Å². The van der Waals surface area contributed by atoms with E-state index in [2.05, 4.69) is 0 Å². The zero-order valence-corrected chi connectivity index (χ0v) is 9.79. The second-order valence-corrected chi connectivity index (χ2v) is 4.91. The maximum atomic E-state index is 12.9. The van der Waals surface area contributed by atoms with Gasteiger partial charge in [0.2, 0.25) is 0 Å². The molecule has 14 heavy (non-hydrogen) atoms. The van der Waals surface area contributed by atoms with Gasteiger partial charge in [-0.15, -0.1) is 0 Å². The van der Waals surface area contributed by atoms with Crippen LogP contribution in [0.5, 0.6) is 0 Å². The van der Waals surface area contributed by atoms with Crippen LogP contribution >= 0.6 is 10.7 Å². The minimum Gasteiger partial charge on any atom is -0.207 e. The van der Waals surface area contributed by atoms with Crippen molar-refractivity contribution >= 4 is 19.7 Å². The maximum absolute atomic E-state index is 12.9. The van der Waals surface area contributed by atoms with Gasteiger partial charge in [-0.1, -0.05) is 19.9 Å². The fourth-order valence-corrected chi connectivity index (χ4v) is 1.70. The molecule has 0 aliphatic rings. The van der Waals surface area contributed by atoms with Crippen molar-refractivity contribution in [1.29, 1.82) is 0 Å². The largest absolute Gasteiger partial charge is 0.264 e. The molecule has 0 spiro atoms. The summed E-state index contributed by atoms with van der Waals surface area (Å²) in [7, 11) is 0.995. The molecule has 80 valence electrons. The van der Waals surface area contributed by atoms with Gasteiger partial charge in [-0.3, -0.25) is 0 Å². The highest BCUT2D eigenvalue weighted by molar-refractivity contribution is 8.13. The first-order valence-corrected chi connectivity index (χ1v) is 6.43. The number of benzene rings is 1. The van der Waals surface area contributed by atoms with Crippen LogP contribution in [0.2, 0.25) is 0 Å². The molecule has 0 unspecified atom stereocenters. The van der Waals surface area contributed by atoms with Crippen molar-refractivity contribution in [2.45, 2.75) is 25.7 Å². The third-order valence-electron chi connectivity index (χ3n) is 1.35. The molecule has 0 atom stereocenters. The SMILES string of the molecule is CC.Cc1ccc(S(=O)(=O)Cl)c(F)c1. The minimum atomic E-state index is -3.95. The quantitative estimate of drug-likeness (QED) is 0.705. The average molecular weight is 239 g/mol. The van der Waals surface area contributed by atoms with Crippen molar-refractivity contribution in [1.82, 2.24) is 0 Å². The molecule has 0 N–H and O–H groups in total. The molecular formula is C9H12ClFO2S. The van der Waals surface area contributed by atoms with E-state index < -0.39 is 19.8 Å². The van der Waals surface area contributed by atoms with Gasteiger partial charge in [0, 0.05) is 10.7 Å². The predicted octanol–water partition coefficient (Wildman–Crippen LogP) is 3.09. The third-order valence-corrected chi connectivity index (χ3v) is 2.71. The Bertz CT molecular complexity index is 401. The molecular weight excluding hydrogens is 227 g/mol. The summed E-state index contributed by atoms with van der Waals surface area (Å²) < 4.78 is 34.3. The van der Waals surface area contributed by atoms with E-state index in [9.17, 15) is 12.8 Å². The molecule has 0 aliphatic heterocycles. The highest BCUT2D eigenvalue weighted by atomic mass is 35.7. The molecule has 0 saturated heterocycles. The second kappa shape index (κ2) is 5.32. The Labute approximate surface area is 88.1 Å². The summed E-state index contributed by atoms with van der Waals surface area (Å²) in [6.45, 7) is 5.66. The average Bonchev–Trinajstić information content (AvgIpc) is 2.05. The lowest BCUT2D eigenvalue weighted by Gasteiger charge is -1.98. The van der Waals surface area contributed by atoms with Crippen LogP contribution in [-0.4, -0.2) is 8.42 Å². The van der Waals surface area contributed by atoms with Crippen LogP contribution < -0.4 is 0 Å². The molecule has 5 heteroatoms. The number of rotatable bonds is 1. The van der Waals surface area contributed by atoms with Crippen LogP contribution in [-0.2, 0) is 9.05 Å². The lowest BCUT2D eigenvalue weighted by molar-refractivity contribution is 0.575. The van der Waals surface area contributed by atoms with Crippen LogP contribution in [0.3, 0.4) is 0 Å². The van der Waals surface area contributed by atoms with Crippen LogP contribution in [0.1, 0.15) is 19.4 Å². The van der Waals surface area contributed by atoms with Crippen molar-refractivity contribution in [3.63, 3.8) is 0 Å². The van der Waals surface area contributed by atoms with Crippen LogP contribution in [0.4, 0.5) is 4.39 Å². The van der Waals surface area contributed by atoms with E-state index in [1.807, 2.05) is 13.8 Å². The molecule has 0 aliphatic carbocycles. The van der Waals surface area contributed by atoms with Crippen molar-refractivity contribution in [3.05, 3.63) is 29.6 Å². The highest BCUT2D eigenvalue weighted by Crippen LogP contribution is 2.19. The van der Waals surface area contributed by atoms with Gasteiger partial charge in [0.25, 0.3) is 9.05 Å². The highest BCUT2D eigenvalue weighted by Gasteiger charge is 2.14. The van der Waals surface area contributed by atoms with Gasteiger partial charge in [-0.2, -0.15) is 0 Å². The van der Waals surface area contributed by atoms with Gasteiger partial charge in [-0.05, 0) is 24.6 Å². The molecule has 0 aromatic heterocycles. The lowest BCUT2D eigenvalue weighted by atomic mass is 10.2. The number of hydrogen-bond acceptors (Lipinski definition) is 2. The normalized spacial score (nSPS) is 10.4. The van der Waals surface area contributed by atoms with Crippen molar-refractivity contribution in [2.24, 2.45) is 0 Å². The lowest BCUT2D eigenvalue weighted by Crippen LogP contribution is -1.95. The van der Waals surface area contributed by atoms with Crippen molar-refractivity contribution < 1.29 is 12.8 Å². The third kappa shape index (κ3) is 3.64. The summed E-state index contributed by atoms with van der Waals surface area (Å²) in [4.78, 5) is -0.477. The molecule has 0 amide bonds. The summed E-state index contributed by atoms with van der Waals surface area (Å²) >= 11 is 0. The molecule has 0 heterocycles. The fraction of sp³-hybridized carbons (Fsp3) is 0.333. The molecule has 2 nitrogen and oxygen atoms in total. The van der Waals surface area contributed by atoms with E-state index in [-0.39, 0.29) is 0 Å². The van der Waals surface area contributed by atoms with Gasteiger partial charge in [0.05, 0.1) is 0 Å². The van der Waals surface area contributed by atoms with Crippen molar-refractivity contribution in [3.8, 4) is 0 Å². The summed E-state index contributed by atoms with van der Waals surface area (Å²) in [6.07, 6.45) is 0. The number of hydrogen-bond donors (Lipinski definition) is 0. The van der Waals surface area contributed by atoms with E-state index in [4.69, 9.17) is 10.7 Å². The van der Waals surface area contributed by atoms with Gasteiger partial charge in [-0.25, -0.2) is 12.8 Å². The Balaban J connectivity index is 0.000000791. The molecule has 0 bridgehead atoms. The summed E-state index contributed by atoms with van der Waals surface area (Å²) in [5, 5.41) is 0. The standard InChI is InChI=1S/C7H6ClFO2S.C2H6/c1-5-2-3-7(6(9)4-5)12(8,10)11;1-2/h2-4H,1H3;1-2H3. The van der Waals surface area contributed by atoms with Gasteiger partial charge in [0.15, 0.2) is 0 Å². The first-order chi connectivity index (χ1) is 6.41. The smallest absolute Gasteiger partial charge is 0.207 e. The molecule has 1 aromatic rings. The Kier molecular flexibility index (Phi) is 5.08. The van der Waals surface area contributed by atoms with E-state index in [0.717, 1.165) is 12.1 Å². The second-order valence-electron chi connectivity index (χ2n) is 2.37. The zero-order valence-electron chi connectivity index (χ0n) is 8.21. The van der Waals surface area contributed by atoms with E-state index in [1.54, 1.807) is 6.92 Å². The molecule has 0 fully saturated rings. The maximum Gasteiger partial charge on any atom is 0.264 e. The van der Waals surface area contributed by atoms with E-state index in [0.29, 0.717) is 5.56 Å². The zero-order chi connectivity index (χ0) is 11.4.